The smallest absolute Gasteiger partial charge is 0.379 e. The van der Waals surface area contributed by atoms with E-state index in [4.69, 9.17) is 28.1 Å². The molecule has 1 aliphatic rings. The Hall–Kier alpha value is -5.01. The van der Waals surface area contributed by atoms with Crippen LogP contribution in [0.3, 0.4) is 0 Å². The number of rotatable bonds is 27. The number of ether oxygens (including phenoxy) is 6. The minimum Gasteiger partial charge on any atom is -0.507 e. The average molecular weight is 855 g/mol. The average Bonchev–Trinajstić information content (AvgIpc) is 4.02. The fourth-order valence-electron chi connectivity index (χ4n) is 6.09. The topological polar surface area (TPSA) is 198 Å². The number of halogens is 1. The van der Waals surface area contributed by atoms with Crippen molar-refractivity contribution >= 4 is 44.4 Å². The molecule has 1 aromatic heterocycles. The van der Waals surface area contributed by atoms with Crippen molar-refractivity contribution in [2.45, 2.75) is 38.0 Å². The van der Waals surface area contributed by atoms with Crippen LogP contribution in [0.15, 0.2) is 71.2 Å². The number of benzene rings is 3. The lowest BCUT2D eigenvalue weighted by atomic mass is 9.98. The van der Waals surface area contributed by atoms with Crippen LogP contribution in [0.4, 0.5) is 4.39 Å². The Morgan fingerprint density at radius 2 is 1.45 bits per heavy atom. The number of hydrogen-bond acceptors (Lipinski definition) is 13. The van der Waals surface area contributed by atoms with Crippen molar-refractivity contribution in [2.24, 2.45) is 0 Å². The predicted octanol–water partition coefficient (Wildman–Crippen LogP) is 5.21. The van der Waals surface area contributed by atoms with Crippen LogP contribution in [-0.2, 0) is 60.4 Å². The molecule has 1 amide bonds. The summed E-state index contributed by atoms with van der Waals surface area (Å²) in [7, 11) is -2.22. The first kappa shape index (κ1) is 46.1. The van der Waals surface area contributed by atoms with Gasteiger partial charge in [0.05, 0.1) is 84.0 Å². The summed E-state index contributed by atoms with van der Waals surface area (Å²) in [6.07, 6.45) is 2.66. The first-order chi connectivity index (χ1) is 29.0. The zero-order chi connectivity index (χ0) is 42.9. The van der Waals surface area contributed by atoms with E-state index in [1.165, 1.54) is 31.3 Å². The number of aliphatic hydroxyl groups excluding tert-OH is 1. The van der Waals surface area contributed by atoms with Crippen molar-refractivity contribution in [3.05, 3.63) is 100 Å². The maximum absolute atomic E-state index is 13.6. The van der Waals surface area contributed by atoms with Gasteiger partial charge < -0.3 is 43.3 Å². The number of esters is 1. The molecule has 15 nitrogen and oxygen atoms in total. The van der Waals surface area contributed by atoms with Crippen LogP contribution in [0.2, 0.25) is 0 Å². The number of furan rings is 1. The minimum absolute atomic E-state index is 0.0670. The van der Waals surface area contributed by atoms with E-state index in [2.05, 4.69) is 14.8 Å². The molecule has 0 unspecified atom stereocenters. The molecule has 60 heavy (non-hydrogen) atoms. The Balaban J connectivity index is 0.906. The van der Waals surface area contributed by atoms with E-state index in [9.17, 15) is 32.3 Å². The Morgan fingerprint density at radius 3 is 2.03 bits per heavy atom. The normalized spacial score (nSPS) is 13.2. The molecule has 5 rings (SSSR count). The molecule has 0 bridgehead atoms. The molecular weight excluding hydrogens is 804 g/mol. The molecule has 1 fully saturated rings. The van der Waals surface area contributed by atoms with E-state index in [1.54, 1.807) is 37.3 Å². The highest BCUT2D eigenvalue weighted by Crippen LogP contribution is 2.45. The second kappa shape index (κ2) is 23.1. The lowest BCUT2D eigenvalue weighted by Crippen LogP contribution is -2.29. The number of carbonyl (C=O) groups excluding carboxylic acids is 3. The Kier molecular flexibility index (Phi) is 17.7. The molecule has 0 radical (unpaired) electrons. The number of hydrogen-bond donors (Lipinski definition) is 3. The molecule has 0 saturated heterocycles. The molecule has 1 aliphatic carbocycles. The highest BCUT2D eigenvalue weighted by molar-refractivity contribution is 7.88. The molecule has 0 aliphatic heterocycles. The number of fused-ring (bicyclic) bond motifs is 1. The van der Waals surface area contributed by atoms with E-state index < -0.39 is 27.6 Å². The van der Waals surface area contributed by atoms with Crippen LogP contribution in [0.25, 0.3) is 28.1 Å². The van der Waals surface area contributed by atoms with Crippen LogP contribution in [0.1, 0.15) is 58.3 Å². The van der Waals surface area contributed by atoms with E-state index in [-0.39, 0.29) is 55.5 Å². The number of sulfonamides is 1. The minimum atomic E-state index is -3.74. The quantitative estimate of drug-likeness (QED) is 0.0233. The Morgan fingerprint density at radius 1 is 0.850 bits per heavy atom. The van der Waals surface area contributed by atoms with E-state index in [1.807, 2.05) is 6.07 Å². The largest absolute Gasteiger partial charge is 0.507 e. The summed E-state index contributed by atoms with van der Waals surface area (Å²) >= 11 is 0. The van der Waals surface area contributed by atoms with Crippen LogP contribution < -0.4 is 10.0 Å². The molecular formula is C43H51FN2O13S. The van der Waals surface area contributed by atoms with Crippen molar-refractivity contribution in [3.63, 3.8) is 0 Å². The summed E-state index contributed by atoms with van der Waals surface area (Å²) < 4.78 is 80.8. The first-order valence-corrected chi connectivity index (χ1v) is 21.3. The van der Waals surface area contributed by atoms with Gasteiger partial charge >= 0.3 is 5.97 Å². The molecule has 1 saturated carbocycles. The third-order valence-corrected chi connectivity index (χ3v) is 10.5. The Labute approximate surface area is 348 Å². The van der Waals surface area contributed by atoms with Gasteiger partial charge in [-0.1, -0.05) is 24.3 Å². The van der Waals surface area contributed by atoms with Crippen LogP contribution in [0, 0.1) is 5.82 Å². The molecule has 324 valence electrons. The second-order valence-corrected chi connectivity index (χ2v) is 15.5. The zero-order valence-electron chi connectivity index (χ0n) is 33.7. The van der Waals surface area contributed by atoms with Gasteiger partial charge in [0, 0.05) is 36.2 Å². The molecule has 0 atom stereocenters. The third-order valence-electron chi connectivity index (χ3n) is 9.19. The maximum atomic E-state index is 13.6. The van der Waals surface area contributed by atoms with Crippen molar-refractivity contribution in [2.75, 3.05) is 79.7 Å². The van der Waals surface area contributed by atoms with Gasteiger partial charge in [-0.25, -0.2) is 22.3 Å². The van der Waals surface area contributed by atoms with Crippen molar-refractivity contribution < 1.29 is 65.1 Å². The number of carbonyl (C=O) groups is 3. The van der Waals surface area contributed by atoms with Gasteiger partial charge in [-0.15, -0.1) is 0 Å². The van der Waals surface area contributed by atoms with Gasteiger partial charge in [0.25, 0.3) is 11.7 Å². The summed E-state index contributed by atoms with van der Waals surface area (Å²) in [4.78, 5) is 36.1. The Bertz CT molecular complexity index is 2180. The highest BCUT2D eigenvalue weighted by Gasteiger charge is 2.31. The summed E-state index contributed by atoms with van der Waals surface area (Å²) in [5.74, 6) is -2.87. The van der Waals surface area contributed by atoms with Gasteiger partial charge in [-0.2, -0.15) is 0 Å². The van der Waals surface area contributed by atoms with Crippen molar-refractivity contribution in [3.8, 4) is 11.3 Å². The maximum Gasteiger partial charge on any atom is 0.379 e. The van der Waals surface area contributed by atoms with Crippen LogP contribution >= 0.6 is 0 Å². The van der Waals surface area contributed by atoms with Crippen LogP contribution in [0.5, 0.6) is 0 Å². The molecule has 3 aromatic carbocycles. The van der Waals surface area contributed by atoms with Gasteiger partial charge in [0.15, 0.2) is 0 Å². The van der Waals surface area contributed by atoms with Crippen molar-refractivity contribution in [1.82, 2.24) is 10.0 Å². The number of ketones is 1. The molecule has 3 N–H and O–H groups in total. The fourth-order valence-corrected chi connectivity index (χ4v) is 7.25. The monoisotopic (exact) mass is 854 g/mol. The zero-order valence-corrected chi connectivity index (χ0v) is 34.5. The van der Waals surface area contributed by atoms with Gasteiger partial charge in [0.1, 0.15) is 22.9 Å². The molecule has 1 heterocycles. The lowest BCUT2D eigenvalue weighted by Gasteiger charge is -2.12. The van der Waals surface area contributed by atoms with Crippen LogP contribution in [-0.4, -0.2) is 111 Å². The number of aliphatic hydroxyl groups is 1. The van der Waals surface area contributed by atoms with E-state index >= 15 is 0 Å². The summed E-state index contributed by atoms with van der Waals surface area (Å²) in [5.41, 5.74) is 3.89. The molecule has 0 spiro atoms. The highest BCUT2D eigenvalue weighted by atomic mass is 32.2. The SMILES string of the molecule is CCOC(=O)C(=O)/C=C(\O)c1ccc(COCCOCCOCCOCCOCCNS(=O)(=O)Cc2cc3oc(-c4ccc(F)cc4)c(C(=O)NC)c3cc2C2CC2)cc1. The lowest BCUT2D eigenvalue weighted by molar-refractivity contribution is -0.151. The standard InChI is InChI=1S/C43H51FN2O13S/c1-3-58-43(50)38(48)26-37(47)31-6-4-29(5-7-31)27-57-23-22-56-21-20-55-19-18-54-17-16-53-15-14-46-60(51,52)28-33-24-39-36(25-35(33)30-8-9-30)40(42(49)45-2)41(59-39)32-10-12-34(44)13-11-32/h4-7,10-13,24-26,30,46-47H,3,8-9,14-23,27-28H2,1-2H3,(H,45,49)/b37-26-. The molecule has 4 aromatic rings. The summed E-state index contributed by atoms with van der Waals surface area (Å²) in [5, 5.41) is 13.3. The van der Waals surface area contributed by atoms with Gasteiger partial charge in [0.2, 0.25) is 10.0 Å². The molecule has 17 heteroatoms. The summed E-state index contributed by atoms with van der Waals surface area (Å²) in [6, 6.07) is 15.9. The summed E-state index contributed by atoms with van der Waals surface area (Å²) in [6.45, 7) is 5.00. The van der Waals surface area contributed by atoms with E-state index in [0.29, 0.717) is 86.1 Å². The number of nitrogens with one attached hydrogen (secondary N) is 2. The second-order valence-electron chi connectivity index (χ2n) is 13.7. The number of amides is 1. The first-order valence-electron chi connectivity index (χ1n) is 19.6. The van der Waals surface area contributed by atoms with Gasteiger partial charge in [-0.3, -0.25) is 9.59 Å². The van der Waals surface area contributed by atoms with Crippen molar-refractivity contribution in [1.29, 1.82) is 0 Å². The third kappa shape index (κ3) is 14.0. The predicted molar refractivity (Wildman–Crippen MR) is 219 cm³/mol. The fraction of sp³-hybridized carbons (Fsp3) is 0.419. The van der Waals surface area contributed by atoms with E-state index in [0.717, 1.165) is 30.0 Å². The van der Waals surface area contributed by atoms with Gasteiger partial charge in [-0.05, 0) is 78.8 Å².